The van der Waals surface area contributed by atoms with Crippen LogP contribution in [0.2, 0.25) is 0 Å². The van der Waals surface area contributed by atoms with E-state index in [1.165, 1.54) is 11.8 Å². The molecule has 9 nitrogen and oxygen atoms in total. The van der Waals surface area contributed by atoms with Crippen LogP contribution in [0.1, 0.15) is 5.56 Å². The second-order valence-electron chi connectivity index (χ2n) is 7.97. The van der Waals surface area contributed by atoms with Crippen molar-refractivity contribution in [3.05, 3.63) is 78.5 Å². The van der Waals surface area contributed by atoms with Gasteiger partial charge in [-0.05, 0) is 11.6 Å². The number of aromatic nitrogens is 3. The van der Waals surface area contributed by atoms with Gasteiger partial charge < -0.3 is 4.74 Å². The fourth-order valence-corrected chi connectivity index (χ4v) is 4.63. The Balaban J connectivity index is 1.36. The molecule has 0 spiro atoms. The number of thioether (sulfide) groups is 1. The molecule has 1 N–H and O–H groups in total. The predicted octanol–water partition coefficient (Wildman–Crippen LogP) is 3.26. The van der Waals surface area contributed by atoms with Gasteiger partial charge >= 0.3 is 5.88 Å². The number of benzene rings is 2. The maximum atomic E-state index is 12.7. The van der Waals surface area contributed by atoms with Crippen molar-refractivity contribution in [3.63, 3.8) is 0 Å². The molecule has 1 fully saturated rings. The van der Waals surface area contributed by atoms with Gasteiger partial charge in [0.1, 0.15) is 11.1 Å². The van der Waals surface area contributed by atoms with E-state index in [4.69, 9.17) is 14.2 Å². The summed E-state index contributed by atoms with van der Waals surface area (Å²) in [6, 6.07) is 23.7. The lowest BCUT2D eigenvalue weighted by Gasteiger charge is -2.18. The van der Waals surface area contributed by atoms with E-state index >= 15 is 0 Å². The lowest BCUT2D eigenvalue weighted by atomic mass is 9.99. The highest BCUT2D eigenvalue weighted by atomic mass is 32.2. The molecule has 0 bridgehead atoms. The molecule has 4 aromatic rings. The van der Waals surface area contributed by atoms with Crippen molar-refractivity contribution in [2.75, 3.05) is 42.4 Å². The van der Waals surface area contributed by atoms with Crippen LogP contribution in [0, 0.1) is 11.3 Å². The molecule has 1 aliphatic rings. The van der Waals surface area contributed by atoms with Crippen LogP contribution in [0.4, 0.5) is 5.88 Å². The number of hydrogen-bond acceptors (Lipinski definition) is 8. The van der Waals surface area contributed by atoms with E-state index in [1.807, 2.05) is 71.7 Å². The highest BCUT2D eigenvalue weighted by Crippen LogP contribution is 2.34. The van der Waals surface area contributed by atoms with E-state index in [-0.39, 0.29) is 17.5 Å². The minimum atomic E-state index is -0.289. The molecule has 0 saturated carbocycles. The molecular weight excluding hydrogens is 476 g/mol. The summed E-state index contributed by atoms with van der Waals surface area (Å²) >= 11 is 1.21. The van der Waals surface area contributed by atoms with Crippen LogP contribution < -0.4 is 15.1 Å². The number of morpholine rings is 1. The number of anilines is 1. The standard InChI is InChI=1S/C26H22N6O3S/c27-16-22-21(19-7-3-1-4-8-19)15-23(20-9-5-2-6-10-20)28-26(22)36-18-24(33)29-25-17-32(30-35-25)31-11-13-34-14-12-31/h1-10,15,17H,11-14,18H2/p+1. The van der Waals surface area contributed by atoms with Crippen LogP contribution >= 0.6 is 11.8 Å². The largest absolute Gasteiger partial charge is 0.377 e. The monoisotopic (exact) mass is 499 g/mol. The third kappa shape index (κ3) is 5.38. The molecule has 0 unspecified atom stereocenters. The van der Waals surface area contributed by atoms with Gasteiger partial charge in [-0.15, -0.1) is 5.01 Å². The molecule has 1 saturated heterocycles. The summed E-state index contributed by atoms with van der Waals surface area (Å²) in [6.07, 6.45) is 1.62. The van der Waals surface area contributed by atoms with Crippen LogP contribution in [0.25, 0.3) is 22.4 Å². The average molecular weight is 500 g/mol. The fraction of sp³-hybridized carbons (Fsp3) is 0.192. The number of amides is 1. The third-order valence-electron chi connectivity index (χ3n) is 5.59. The Labute approximate surface area is 212 Å². The van der Waals surface area contributed by atoms with Gasteiger partial charge in [0.05, 0.1) is 48.1 Å². The summed E-state index contributed by atoms with van der Waals surface area (Å²) in [7, 11) is 0. The Hall–Kier alpha value is -4.20. The normalized spacial score (nSPS) is 13.2. The second kappa shape index (κ2) is 11.0. The Kier molecular flexibility index (Phi) is 7.21. The van der Waals surface area contributed by atoms with Gasteiger partial charge in [-0.3, -0.25) is 14.6 Å². The number of rotatable bonds is 7. The van der Waals surface area contributed by atoms with E-state index in [0.29, 0.717) is 36.9 Å². The van der Waals surface area contributed by atoms with Gasteiger partial charge in [0.2, 0.25) is 11.2 Å². The first-order valence-electron chi connectivity index (χ1n) is 11.4. The van der Waals surface area contributed by atoms with Crippen LogP contribution in [-0.2, 0) is 9.53 Å². The lowest BCUT2D eigenvalue weighted by Crippen LogP contribution is -2.62. The molecule has 1 aliphatic heterocycles. The van der Waals surface area contributed by atoms with Gasteiger partial charge in [-0.1, -0.05) is 72.4 Å². The molecule has 2 aromatic heterocycles. The van der Waals surface area contributed by atoms with Gasteiger partial charge in [0.15, 0.2) is 0 Å². The molecular formula is C26H23N6O3S+. The van der Waals surface area contributed by atoms with Gasteiger partial charge in [0, 0.05) is 11.1 Å². The van der Waals surface area contributed by atoms with E-state index in [2.05, 4.69) is 16.7 Å². The van der Waals surface area contributed by atoms with Gasteiger partial charge in [-0.25, -0.2) is 4.98 Å². The van der Waals surface area contributed by atoms with E-state index in [0.717, 1.165) is 22.4 Å². The van der Waals surface area contributed by atoms with Crippen molar-refractivity contribution in [1.29, 1.82) is 5.26 Å². The number of nitriles is 1. The van der Waals surface area contributed by atoms with Crippen molar-refractivity contribution in [3.8, 4) is 28.5 Å². The van der Waals surface area contributed by atoms with Crippen molar-refractivity contribution >= 4 is 23.6 Å². The van der Waals surface area contributed by atoms with Crippen LogP contribution in [0.3, 0.4) is 0 Å². The summed E-state index contributed by atoms with van der Waals surface area (Å²) in [5, 5.41) is 19.1. The molecule has 180 valence electrons. The first kappa shape index (κ1) is 23.5. The molecule has 0 radical (unpaired) electrons. The first-order valence-corrected chi connectivity index (χ1v) is 12.4. The zero-order chi connectivity index (χ0) is 24.7. The quantitative estimate of drug-likeness (QED) is 0.305. The number of pyridine rings is 1. The summed E-state index contributed by atoms with van der Waals surface area (Å²) in [5.74, 6) is -0.00206. The molecule has 0 atom stereocenters. The number of carbonyl (C=O) groups excluding carboxylic acids is 1. The van der Waals surface area contributed by atoms with Crippen LogP contribution in [0.5, 0.6) is 0 Å². The van der Waals surface area contributed by atoms with Gasteiger partial charge in [0.25, 0.3) is 6.20 Å². The second-order valence-corrected chi connectivity index (χ2v) is 8.93. The number of carbonyl (C=O) groups is 1. The number of ether oxygens (including phenoxy) is 1. The fourth-order valence-electron chi connectivity index (χ4n) is 3.83. The van der Waals surface area contributed by atoms with Gasteiger partial charge in [-0.2, -0.15) is 5.26 Å². The average Bonchev–Trinajstić information content (AvgIpc) is 3.41. The number of nitrogens with one attached hydrogen (secondary N) is 1. The lowest BCUT2D eigenvalue weighted by molar-refractivity contribution is -0.759. The Morgan fingerprint density at radius 3 is 2.47 bits per heavy atom. The minimum Gasteiger partial charge on any atom is -0.377 e. The SMILES string of the molecule is N#Cc1c(-c2ccccc2)cc(-c2ccccc2)nc1SCC(=O)Nc1c[n+](N2CCOCC2)no1. The first-order chi connectivity index (χ1) is 17.7. The molecule has 2 aromatic carbocycles. The molecule has 1 amide bonds. The zero-order valence-electron chi connectivity index (χ0n) is 19.3. The maximum Gasteiger partial charge on any atom is 0.305 e. The van der Waals surface area contributed by atoms with E-state index < -0.39 is 0 Å². The van der Waals surface area contributed by atoms with E-state index in [9.17, 15) is 10.1 Å². The molecule has 10 heteroatoms. The smallest absolute Gasteiger partial charge is 0.305 e. The summed E-state index contributed by atoms with van der Waals surface area (Å²) < 4.78 is 10.6. The Morgan fingerprint density at radius 1 is 1.08 bits per heavy atom. The van der Waals surface area contributed by atoms with Crippen molar-refractivity contribution in [1.82, 2.24) is 10.3 Å². The van der Waals surface area contributed by atoms with Crippen LogP contribution in [-0.4, -0.2) is 48.2 Å². The van der Waals surface area contributed by atoms with Crippen LogP contribution in [0.15, 0.2) is 82.5 Å². The third-order valence-corrected chi connectivity index (χ3v) is 6.56. The molecule has 0 aliphatic carbocycles. The molecule has 36 heavy (non-hydrogen) atoms. The summed E-state index contributed by atoms with van der Waals surface area (Å²) in [4.78, 5) is 19.0. The summed E-state index contributed by atoms with van der Waals surface area (Å²) in [5.41, 5.74) is 3.78. The molecule has 5 rings (SSSR count). The van der Waals surface area contributed by atoms with Crippen molar-refractivity contribution in [2.24, 2.45) is 0 Å². The van der Waals surface area contributed by atoms with E-state index in [1.54, 1.807) is 11.0 Å². The highest BCUT2D eigenvalue weighted by Gasteiger charge is 2.24. The topological polar surface area (TPSA) is 108 Å². The highest BCUT2D eigenvalue weighted by molar-refractivity contribution is 8.00. The zero-order valence-corrected chi connectivity index (χ0v) is 20.1. The van der Waals surface area contributed by atoms with Crippen molar-refractivity contribution < 1.29 is 18.8 Å². The number of nitrogens with zero attached hydrogens (tertiary/aromatic N) is 5. The maximum absolute atomic E-state index is 12.7. The Bertz CT molecular complexity index is 1380. The minimum absolute atomic E-state index is 0.0480. The Morgan fingerprint density at radius 2 is 1.78 bits per heavy atom. The summed E-state index contributed by atoms with van der Waals surface area (Å²) in [6.45, 7) is 2.59. The predicted molar refractivity (Wildman–Crippen MR) is 135 cm³/mol. The number of hydrogen-bond donors (Lipinski definition) is 1. The molecule has 3 heterocycles. The van der Waals surface area contributed by atoms with Crippen molar-refractivity contribution in [2.45, 2.75) is 5.03 Å².